The van der Waals surface area contributed by atoms with Gasteiger partial charge in [0.05, 0.1) is 28.7 Å². The number of aromatic nitrogens is 2. The Hall–Kier alpha value is -1.89. The normalized spacial score (nSPS) is 10.8. The van der Waals surface area contributed by atoms with Crippen molar-refractivity contribution < 1.29 is 9.53 Å². The van der Waals surface area contributed by atoms with E-state index < -0.39 is 0 Å². The molecule has 1 aromatic carbocycles. The quantitative estimate of drug-likeness (QED) is 0.715. The summed E-state index contributed by atoms with van der Waals surface area (Å²) < 4.78 is 6.72. The third-order valence-electron chi connectivity index (χ3n) is 3.65. The number of hydrogen-bond donors (Lipinski definition) is 2. The van der Waals surface area contributed by atoms with Crippen LogP contribution in [0.15, 0.2) is 24.3 Å². The number of hydrogen-bond acceptors (Lipinski definition) is 4. The van der Waals surface area contributed by atoms with E-state index in [1.54, 1.807) is 23.9 Å². The van der Waals surface area contributed by atoms with E-state index in [4.69, 9.17) is 16.3 Å². The molecule has 0 radical (unpaired) electrons. The van der Waals surface area contributed by atoms with E-state index in [-0.39, 0.29) is 5.91 Å². The minimum atomic E-state index is -0.0958. The molecule has 0 fully saturated rings. The van der Waals surface area contributed by atoms with Crippen LogP contribution >= 0.6 is 11.6 Å². The first-order valence-corrected chi connectivity index (χ1v) is 8.22. The highest BCUT2D eigenvalue weighted by Gasteiger charge is 2.11. The molecule has 0 saturated heterocycles. The number of benzene rings is 1. The van der Waals surface area contributed by atoms with E-state index >= 15 is 0 Å². The summed E-state index contributed by atoms with van der Waals surface area (Å²) in [6.07, 6.45) is 0. The van der Waals surface area contributed by atoms with Crippen molar-refractivity contribution in [2.24, 2.45) is 0 Å². The van der Waals surface area contributed by atoms with Crippen molar-refractivity contribution in [1.29, 1.82) is 0 Å². The lowest BCUT2D eigenvalue weighted by Crippen LogP contribution is -2.33. The molecule has 2 rings (SSSR count). The van der Waals surface area contributed by atoms with Gasteiger partial charge < -0.3 is 15.4 Å². The van der Waals surface area contributed by atoms with E-state index in [1.165, 1.54) is 0 Å². The van der Waals surface area contributed by atoms with Crippen molar-refractivity contribution in [3.63, 3.8) is 0 Å². The molecular formula is C17H23ClN4O2. The van der Waals surface area contributed by atoms with Crippen LogP contribution in [0.3, 0.4) is 0 Å². The lowest BCUT2D eigenvalue weighted by atomic mass is 10.2. The van der Waals surface area contributed by atoms with Crippen molar-refractivity contribution in [1.82, 2.24) is 20.4 Å². The van der Waals surface area contributed by atoms with Crippen LogP contribution in [0.4, 0.5) is 0 Å². The Morgan fingerprint density at radius 2 is 1.92 bits per heavy atom. The third kappa shape index (κ3) is 4.56. The number of ether oxygens (including phenoxy) is 1. The number of amides is 1. The molecule has 1 aromatic heterocycles. The molecule has 0 saturated carbocycles. The summed E-state index contributed by atoms with van der Waals surface area (Å²) in [5.41, 5.74) is 3.16. The molecule has 7 heteroatoms. The van der Waals surface area contributed by atoms with Crippen molar-refractivity contribution in [3.05, 3.63) is 46.2 Å². The van der Waals surface area contributed by atoms with E-state index in [2.05, 4.69) is 15.7 Å². The van der Waals surface area contributed by atoms with E-state index in [9.17, 15) is 4.79 Å². The average Bonchev–Trinajstić information content (AvgIpc) is 2.85. The summed E-state index contributed by atoms with van der Waals surface area (Å²) in [5, 5.41) is 11.1. The highest BCUT2D eigenvalue weighted by atomic mass is 35.5. The van der Waals surface area contributed by atoms with Gasteiger partial charge in [-0.05, 0) is 38.1 Å². The monoisotopic (exact) mass is 350 g/mol. The molecule has 1 heterocycles. The van der Waals surface area contributed by atoms with Crippen LogP contribution in [-0.2, 0) is 4.74 Å². The lowest BCUT2D eigenvalue weighted by molar-refractivity contribution is 0.0953. The Morgan fingerprint density at radius 1 is 1.21 bits per heavy atom. The maximum absolute atomic E-state index is 12.1. The Bertz CT molecular complexity index is 683. The predicted molar refractivity (Wildman–Crippen MR) is 95.1 cm³/mol. The summed E-state index contributed by atoms with van der Waals surface area (Å²) >= 11 is 6.17. The van der Waals surface area contributed by atoms with Gasteiger partial charge in [0.1, 0.15) is 0 Å². The Kier molecular flexibility index (Phi) is 6.78. The Balaban J connectivity index is 1.91. The van der Waals surface area contributed by atoms with Gasteiger partial charge in [-0.2, -0.15) is 5.10 Å². The number of aryl methyl sites for hydroxylation is 1. The Morgan fingerprint density at radius 3 is 2.50 bits per heavy atom. The standard InChI is InChI=1S/C17H23ClN4O2/c1-12-16(18)13(2)22(21-12)15-6-4-14(5-7-15)17(23)20-9-8-19-10-11-24-3/h4-7,19H,8-11H2,1-3H3,(H,20,23). The topological polar surface area (TPSA) is 68.2 Å². The summed E-state index contributed by atoms with van der Waals surface area (Å²) in [5.74, 6) is -0.0958. The fraction of sp³-hybridized carbons (Fsp3) is 0.412. The van der Waals surface area contributed by atoms with Gasteiger partial charge in [0.25, 0.3) is 5.91 Å². The van der Waals surface area contributed by atoms with Crippen molar-refractivity contribution in [3.8, 4) is 5.69 Å². The largest absolute Gasteiger partial charge is 0.383 e. The number of halogens is 1. The van der Waals surface area contributed by atoms with Crippen LogP contribution in [0, 0.1) is 13.8 Å². The molecule has 2 N–H and O–H groups in total. The molecule has 0 aliphatic heterocycles. The number of methoxy groups -OCH3 is 1. The van der Waals surface area contributed by atoms with Gasteiger partial charge in [0.2, 0.25) is 0 Å². The number of carbonyl (C=O) groups is 1. The van der Waals surface area contributed by atoms with Crippen molar-refractivity contribution in [2.75, 3.05) is 33.4 Å². The number of nitrogens with zero attached hydrogens (tertiary/aromatic N) is 2. The van der Waals surface area contributed by atoms with Crippen LogP contribution < -0.4 is 10.6 Å². The second-order valence-electron chi connectivity index (χ2n) is 5.44. The van der Waals surface area contributed by atoms with Crippen molar-refractivity contribution in [2.45, 2.75) is 13.8 Å². The van der Waals surface area contributed by atoms with Gasteiger partial charge in [-0.25, -0.2) is 4.68 Å². The highest BCUT2D eigenvalue weighted by molar-refractivity contribution is 6.31. The zero-order valence-electron chi connectivity index (χ0n) is 14.2. The zero-order chi connectivity index (χ0) is 17.5. The van der Waals surface area contributed by atoms with Gasteiger partial charge in [-0.15, -0.1) is 0 Å². The molecule has 0 aliphatic rings. The second-order valence-corrected chi connectivity index (χ2v) is 5.82. The predicted octanol–water partition coefficient (Wildman–Crippen LogP) is 2.11. The molecule has 0 bridgehead atoms. The molecule has 0 unspecified atom stereocenters. The fourth-order valence-electron chi connectivity index (χ4n) is 2.29. The van der Waals surface area contributed by atoms with E-state index in [0.29, 0.717) is 30.3 Å². The lowest BCUT2D eigenvalue weighted by Gasteiger charge is -2.08. The van der Waals surface area contributed by atoms with Crippen LogP contribution in [0.2, 0.25) is 5.02 Å². The molecule has 0 atom stereocenters. The molecular weight excluding hydrogens is 328 g/mol. The van der Waals surface area contributed by atoms with E-state index in [1.807, 2.05) is 26.0 Å². The molecule has 1 amide bonds. The van der Waals surface area contributed by atoms with Gasteiger partial charge in [-0.3, -0.25) is 4.79 Å². The van der Waals surface area contributed by atoms with Gasteiger partial charge in [0.15, 0.2) is 0 Å². The van der Waals surface area contributed by atoms with Crippen LogP contribution in [0.1, 0.15) is 21.7 Å². The maximum Gasteiger partial charge on any atom is 0.251 e. The first-order valence-electron chi connectivity index (χ1n) is 7.84. The summed E-state index contributed by atoms with van der Waals surface area (Å²) in [6.45, 7) is 6.49. The zero-order valence-corrected chi connectivity index (χ0v) is 15.0. The second kappa shape index (κ2) is 8.82. The Labute approximate surface area is 147 Å². The highest BCUT2D eigenvalue weighted by Crippen LogP contribution is 2.22. The number of rotatable bonds is 8. The first kappa shape index (κ1) is 18.4. The fourth-order valence-corrected chi connectivity index (χ4v) is 2.41. The molecule has 0 aliphatic carbocycles. The van der Waals surface area contributed by atoms with Crippen LogP contribution in [0.25, 0.3) is 5.69 Å². The maximum atomic E-state index is 12.1. The molecule has 6 nitrogen and oxygen atoms in total. The van der Waals surface area contributed by atoms with Gasteiger partial charge >= 0.3 is 0 Å². The molecule has 0 spiro atoms. The minimum Gasteiger partial charge on any atom is -0.383 e. The molecule has 130 valence electrons. The smallest absolute Gasteiger partial charge is 0.251 e. The summed E-state index contributed by atoms with van der Waals surface area (Å²) in [4.78, 5) is 12.1. The third-order valence-corrected chi connectivity index (χ3v) is 4.19. The summed E-state index contributed by atoms with van der Waals surface area (Å²) in [6, 6.07) is 7.30. The number of nitrogens with one attached hydrogen (secondary N) is 2. The first-order chi connectivity index (χ1) is 11.5. The molecule has 24 heavy (non-hydrogen) atoms. The average molecular weight is 351 g/mol. The van der Waals surface area contributed by atoms with Gasteiger partial charge in [0, 0.05) is 32.3 Å². The van der Waals surface area contributed by atoms with Crippen LogP contribution in [0.5, 0.6) is 0 Å². The summed E-state index contributed by atoms with van der Waals surface area (Å²) in [7, 11) is 1.66. The molecule has 2 aromatic rings. The van der Waals surface area contributed by atoms with Gasteiger partial charge in [-0.1, -0.05) is 11.6 Å². The van der Waals surface area contributed by atoms with Crippen LogP contribution in [-0.4, -0.2) is 49.0 Å². The van der Waals surface area contributed by atoms with Crippen molar-refractivity contribution >= 4 is 17.5 Å². The SMILES string of the molecule is COCCNCCNC(=O)c1ccc(-n2nc(C)c(Cl)c2C)cc1. The van der Waals surface area contributed by atoms with E-state index in [0.717, 1.165) is 23.6 Å². The number of carbonyl (C=O) groups excluding carboxylic acids is 1. The minimum absolute atomic E-state index is 0.0958.